The summed E-state index contributed by atoms with van der Waals surface area (Å²) in [5.41, 5.74) is 0.0893. The normalized spacial score (nSPS) is 8.75. The van der Waals surface area contributed by atoms with E-state index < -0.39 is 5.97 Å². The maximum atomic E-state index is 10.6. The van der Waals surface area contributed by atoms with Crippen LogP contribution in [-0.4, -0.2) is 30.7 Å². The van der Waals surface area contributed by atoms with Crippen molar-refractivity contribution in [3.05, 3.63) is 12.2 Å². The molecule has 0 unspecified atom stereocenters. The lowest BCUT2D eigenvalue weighted by Gasteiger charge is -2.02. The zero-order chi connectivity index (χ0) is 9.56. The van der Waals surface area contributed by atoms with E-state index in [0.717, 1.165) is 0 Å². The van der Waals surface area contributed by atoms with Gasteiger partial charge in [0.15, 0.2) is 0 Å². The first-order valence-electron chi connectivity index (χ1n) is 3.44. The van der Waals surface area contributed by atoms with Crippen LogP contribution in [0.2, 0.25) is 0 Å². The second kappa shape index (κ2) is 5.17. The number of nitrogens with one attached hydrogen (secondary N) is 2. The molecule has 5 nitrogen and oxygen atoms in total. The minimum Gasteiger partial charge on any atom is -0.478 e. The third kappa shape index (κ3) is 4.32. The van der Waals surface area contributed by atoms with Crippen molar-refractivity contribution in [3.63, 3.8) is 0 Å². The van der Waals surface area contributed by atoms with Gasteiger partial charge in [-0.15, -0.1) is 0 Å². The van der Waals surface area contributed by atoms with Gasteiger partial charge in [0.25, 0.3) is 0 Å². The molecule has 0 aliphatic rings. The highest BCUT2D eigenvalue weighted by molar-refractivity contribution is 5.85. The van der Waals surface area contributed by atoms with Crippen molar-refractivity contribution in [2.24, 2.45) is 0 Å². The Kier molecular flexibility index (Phi) is 4.52. The fraction of sp³-hybridized carbons (Fsp3) is 0.429. The van der Waals surface area contributed by atoms with Crippen molar-refractivity contribution in [3.8, 4) is 0 Å². The molecule has 0 saturated heterocycles. The van der Waals surface area contributed by atoms with Crippen molar-refractivity contribution in [2.45, 2.75) is 6.42 Å². The van der Waals surface area contributed by atoms with Gasteiger partial charge in [-0.1, -0.05) is 6.58 Å². The summed E-state index contributed by atoms with van der Waals surface area (Å²) in [6, 6.07) is -0.326. The first-order chi connectivity index (χ1) is 5.57. The highest BCUT2D eigenvalue weighted by Gasteiger charge is 2.03. The third-order valence-corrected chi connectivity index (χ3v) is 1.24. The molecule has 2 amide bonds. The Morgan fingerprint density at radius 3 is 2.50 bits per heavy atom. The highest BCUT2D eigenvalue weighted by Crippen LogP contribution is 1.94. The van der Waals surface area contributed by atoms with Crippen LogP contribution in [0.3, 0.4) is 0 Å². The summed E-state index contributed by atoms with van der Waals surface area (Å²) in [5, 5.41) is 13.2. The molecule has 0 saturated carbocycles. The van der Waals surface area contributed by atoms with E-state index in [1.54, 1.807) is 0 Å². The lowest BCUT2D eigenvalue weighted by Crippen LogP contribution is -2.33. The molecule has 0 aromatic rings. The molecule has 0 bridgehead atoms. The molecular formula is C7H12N2O3. The number of hydrogen-bond donors (Lipinski definition) is 3. The van der Waals surface area contributed by atoms with Gasteiger partial charge < -0.3 is 15.7 Å². The third-order valence-electron chi connectivity index (χ3n) is 1.24. The molecule has 0 heterocycles. The van der Waals surface area contributed by atoms with Gasteiger partial charge in [0, 0.05) is 19.2 Å². The summed E-state index contributed by atoms with van der Waals surface area (Å²) >= 11 is 0. The molecule has 0 fully saturated rings. The number of rotatable bonds is 4. The first kappa shape index (κ1) is 10.5. The molecule has 0 aromatic carbocycles. The van der Waals surface area contributed by atoms with Crippen LogP contribution in [0.4, 0.5) is 4.79 Å². The van der Waals surface area contributed by atoms with Crippen LogP contribution in [0.1, 0.15) is 6.42 Å². The fourth-order valence-corrected chi connectivity index (χ4v) is 0.522. The summed E-state index contributed by atoms with van der Waals surface area (Å²) in [5.74, 6) is -1.03. The van der Waals surface area contributed by atoms with E-state index in [0.29, 0.717) is 0 Å². The number of amides is 2. The van der Waals surface area contributed by atoms with Crippen LogP contribution >= 0.6 is 0 Å². The molecule has 0 aliphatic heterocycles. The van der Waals surface area contributed by atoms with Crippen LogP contribution in [0, 0.1) is 0 Å². The maximum Gasteiger partial charge on any atom is 0.331 e. The zero-order valence-electron chi connectivity index (χ0n) is 6.89. The monoisotopic (exact) mass is 172 g/mol. The van der Waals surface area contributed by atoms with Crippen molar-refractivity contribution in [1.29, 1.82) is 0 Å². The molecule has 0 radical (unpaired) electrons. The summed E-state index contributed by atoms with van der Waals surface area (Å²) in [4.78, 5) is 20.8. The molecule has 3 N–H and O–H groups in total. The van der Waals surface area contributed by atoms with E-state index in [1.807, 2.05) is 0 Å². The molecule has 0 rings (SSSR count). The average molecular weight is 172 g/mol. The van der Waals surface area contributed by atoms with Crippen LogP contribution in [-0.2, 0) is 4.79 Å². The van der Waals surface area contributed by atoms with Crippen LogP contribution in [0.5, 0.6) is 0 Å². The van der Waals surface area contributed by atoms with Gasteiger partial charge in [0.2, 0.25) is 0 Å². The van der Waals surface area contributed by atoms with Crippen LogP contribution < -0.4 is 10.6 Å². The molecular weight excluding hydrogens is 160 g/mol. The molecule has 68 valence electrons. The van der Waals surface area contributed by atoms with Crippen molar-refractivity contribution in [1.82, 2.24) is 10.6 Å². The minimum atomic E-state index is -1.03. The quantitative estimate of drug-likeness (QED) is 0.520. The van der Waals surface area contributed by atoms with E-state index in [9.17, 15) is 9.59 Å². The van der Waals surface area contributed by atoms with Gasteiger partial charge >= 0.3 is 12.0 Å². The van der Waals surface area contributed by atoms with Gasteiger partial charge in [-0.25, -0.2) is 9.59 Å². The summed E-state index contributed by atoms with van der Waals surface area (Å²) in [6.45, 7) is 3.59. The van der Waals surface area contributed by atoms with Gasteiger partial charge in [-0.05, 0) is 6.42 Å². The Balaban J connectivity index is 3.50. The molecule has 0 atom stereocenters. The predicted octanol–water partition coefficient (Wildman–Crippen LogP) is -0.0537. The maximum absolute atomic E-state index is 10.6. The molecule has 0 spiro atoms. The molecule has 0 aromatic heterocycles. The molecule has 5 heteroatoms. The van der Waals surface area contributed by atoms with E-state index in [4.69, 9.17) is 5.11 Å². The van der Waals surface area contributed by atoms with Gasteiger partial charge in [-0.3, -0.25) is 0 Å². The smallest absolute Gasteiger partial charge is 0.331 e. The van der Waals surface area contributed by atoms with Gasteiger partial charge in [-0.2, -0.15) is 0 Å². The Morgan fingerprint density at radius 1 is 1.50 bits per heavy atom. The SMILES string of the molecule is C=C(CCNC(=O)NC)C(=O)O. The Bertz CT molecular complexity index is 201. The highest BCUT2D eigenvalue weighted by atomic mass is 16.4. The zero-order valence-corrected chi connectivity index (χ0v) is 6.89. The molecule has 12 heavy (non-hydrogen) atoms. The van der Waals surface area contributed by atoms with E-state index >= 15 is 0 Å². The summed E-state index contributed by atoms with van der Waals surface area (Å²) < 4.78 is 0. The largest absolute Gasteiger partial charge is 0.478 e. The number of carboxylic acids is 1. The average Bonchev–Trinajstić information content (AvgIpc) is 2.03. The first-order valence-corrected chi connectivity index (χ1v) is 3.44. The van der Waals surface area contributed by atoms with Crippen LogP contribution in [0.15, 0.2) is 12.2 Å². The number of aliphatic carboxylic acids is 1. The number of urea groups is 1. The van der Waals surface area contributed by atoms with Crippen molar-refractivity contribution >= 4 is 12.0 Å². The predicted molar refractivity (Wildman–Crippen MR) is 43.9 cm³/mol. The topological polar surface area (TPSA) is 78.4 Å². The van der Waals surface area contributed by atoms with E-state index in [2.05, 4.69) is 17.2 Å². The van der Waals surface area contributed by atoms with Gasteiger partial charge in [0.05, 0.1) is 0 Å². The lowest BCUT2D eigenvalue weighted by molar-refractivity contribution is -0.132. The van der Waals surface area contributed by atoms with Gasteiger partial charge in [0.1, 0.15) is 0 Å². The number of carbonyl (C=O) groups excluding carboxylic acids is 1. The van der Waals surface area contributed by atoms with E-state index in [-0.39, 0.29) is 24.6 Å². The Morgan fingerprint density at radius 2 is 2.08 bits per heavy atom. The lowest BCUT2D eigenvalue weighted by atomic mass is 10.2. The summed E-state index contributed by atoms with van der Waals surface area (Å²) in [7, 11) is 1.49. The number of hydrogen-bond acceptors (Lipinski definition) is 2. The van der Waals surface area contributed by atoms with E-state index in [1.165, 1.54) is 7.05 Å². The van der Waals surface area contributed by atoms with Crippen molar-refractivity contribution < 1.29 is 14.7 Å². The Hall–Kier alpha value is -1.52. The minimum absolute atomic E-state index is 0.0893. The standard InChI is InChI=1S/C7H12N2O3/c1-5(6(10)11)3-4-9-7(12)8-2/h1,3-4H2,2H3,(H,10,11)(H2,8,9,12). The number of carbonyl (C=O) groups is 2. The van der Waals surface area contributed by atoms with Crippen molar-refractivity contribution in [2.75, 3.05) is 13.6 Å². The van der Waals surface area contributed by atoms with Crippen LogP contribution in [0.25, 0.3) is 0 Å². The number of carboxylic acid groups (broad SMARTS) is 1. The fourth-order valence-electron chi connectivity index (χ4n) is 0.522. The second-order valence-electron chi connectivity index (χ2n) is 2.16. The summed E-state index contributed by atoms with van der Waals surface area (Å²) in [6.07, 6.45) is 0.253. The second-order valence-corrected chi connectivity index (χ2v) is 2.16. The Labute approximate surface area is 70.5 Å². The molecule has 0 aliphatic carbocycles.